The molecule has 124 valence electrons. The monoisotopic (exact) mass is 340 g/mol. The predicted octanol–water partition coefficient (Wildman–Crippen LogP) is 0.648. The van der Waals surface area contributed by atoms with Gasteiger partial charge >= 0.3 is 12.1 Å². The van der Waals surface area contributed by atoms with Gasteiger partial charge in [0, 0.05) is 25.9 Å². The Balaban J connectivity index is 1.74. The molecule has 1 amide bonds. The Bertz CT molecular complexity index is 735. The highest BCUT2D eigenvalue weighted by atomic mass is 32.2. The number of rotatable bonds is 3. The summed E-state index contributed by atoms with van der Waals surface area (Å²) in [6.07, 6.45) is 0.390. The third kappa shape index (κ3) is 2.89. The maximum atomic E-state index is 12.6. The lowest BCUT2D eigenvalue weighted by Gasteiger charge is -2.36. The lowest BCUT2D eigenvalue weighted by atomic mass is 9.93. The summed E-state index contributed by atoms with van der Waals surface area (Å²) in [5.41, 5.74) is -0.582. The van der Waals surface area contributed by atoms with Crippen LogP contribution in [0.25, 0.3) is 0 Å². The Morgan fingerprint density at radius 1 is 1.22 bits per heavy atom. The summed E-state index contributed by atoms with van der Waals surface area (Å²) in [6.45, 7) is 0.892. The van der Waals surface area contributed by atoms with Crippen molar-refractivity contribution in [2.45, 2.75) is 23.3 Å². The SMILES string of the molecule is O=C1NCC2(CCN(S(=O)(=O)c3ccc(C(=O)O)cc3)CC2)O1. The number of nitrogens with zero attached hydrogens (tertiary/aromatic N) is 1. The van der Waals surface area contributed by atoms with Gasteiger partial charge in [-0.05, 0) is 24.3 Å². The van der Waals surface area contributed by atoms with Crippen molar-refractivity contribution in [2.24, 2.45) is 0 Å². The number of aromatic carboxylic acids is 1. The van der Waals surface area contributed by atoms with Crippen LogP contribution in [0.1, 0.15) is 23.2 Å². The number of alkyl carbamates (subject to hydrolysis) is 1. The Kier molecular flexibility index (Phi) is 3.77. The fourth-order valence-electron chi connectivity index (χ4n) is 2.83. The van der Waals surface area contributed by atoms with Gasteiger partial charge in [0.25, 0.3) is 0 Å². The summed E-state index contributed by atoms with van der Waals surface area (Å²) in [4.78, 5) is 22.1. The van der Waals surface area contributed by atoms with Gasteiger partial charge in [0.1, 0.15) is 5.60 Å². The molecule has 1 aromatic rings. The minimum atomic E-state index is -3.68. The molecule has 2 N–H and O–H groups in total. The predicted molar refractivity (Wildman–Crippen MR) is 78.6 cm³/mol. The molecule has 1 aromatic carbocycles. The van der Waals surface area contributed by atoms with E-state index in [1.807, 2.05) is 0 Å². The number of hydrogen-bond donors (Lipinski definition) is 2. The molecule has 0 unspecified atom stereocenters. The number of benzene rings is 1. The number of carboxylic acids is 1. The number of sulfonamides is 1. The second-order valence-electron chi connectivity index (χ2n) is 5.66. The standard InChI is InChI=1S/C14H16N2O6S/c17-12(18)10-1-3-11(4-2-10)23(20,21)16-7-5-14(6-8-16)9-15-13(19)22-14/h1-4H,5-9H2,(H,15,19)(H,17,18). The molecule has 2 saturated heterocycles. The van der Waals surface area contributed by atoms with E-state index in [4.69, 9.17) is 9.84 Å². The first-order valence-electron chi connectivity index (χ1n) is 7.13. The lowest BCUT2D eigenvalue weighted by Crippen LogP contribution is -2.48. The van der Waals surface area contributed by atoms with Crippen LogP contribution in [0, 0.1) is 0 Å². The molecular formula is C14H16N2O6S. The van der Waals surface area contributed by atoms with Gasteiger partial charge in [0.2, 0.25) is 10.0 Å². The van der Waals surface area contributed by atoms with Gasteiger partial charge in [0.05, 0.1) is 17.0 Å². The Hall–Kier alpha value is -2.13. The lowest BCUT2D eigenvalue weighted by molar-refractivity contribution is 0.0172. The fraction of sp³-hybridized carbons (Fsp3) is 0.429. The zero-order chi connectivity index (χ0) is 16.7. The molecule has 9 heteroatoms. The first-order valence-corrected chi connectivity index (χ1v) is 8.57. The number of nitrogens with one attached hydrogen (secondary N) is 1. The summed E-state index contributed by atoms with van der Waals surface area (Å²) in [5, 5.41) is 11.5. The summed E-state index contributed by atoms with van der Waals surface area (Å²) in [7, 11) is -3.68. The molecule has 0 aliphatic carbocycles. The molecule has 1 spiro atoms. The second-order valence-corrected chi connectivity index (χ2v) is 7.60. The summed E-state index contributed by atoms with van der Waals surface area (Å²) in [5.74, 6) is -1.11. The Morgan fingerprint density at radius 2 is 1.83 bits per heavy atom. The van der Waals surface area contributed by atoms with Crippen molar-refractivity contribution in [1.29, 1.82) is 0 Å². The average molecular weight is 340 g/mol. The van der Waals surface area contributed by atoms with Crippen LogP contribution >= 0.6 is 0 Å². The van der Waals surface area contributed by atoms with Gasteiger partial charge < -0.3 is 15.2 Å². The normalized spacial score (nSPS) is 21.0. The molecular weight excluding hydrogens is 324 g/mol. The van der Waals surface area contributed by atoms with E-state index >= 15 is 0 Å². The highest BCUT2D eigenvalue weighted by Crippen LogP contribution is 2.31. The molecule has 2 heterocycles. The minimum absolute atomic E-state index is 0.0329. The number of hydrogen-bond acceptors (Lipinski definition) is 5. The van der Waals surface area contributed by atoms with Crippen LogP contribution in [-0.4, -0.2) is 55.1 Å². The molecule has 0 bridgehead atoms. The van der Waals surface area contributed by atoms with Gasteiger partial charge in [-0.25, -0.2) is 18.0 Å². The highest BCUT2D eigenvalue weighted by Gasteiger charge is 2.45. The third-order valence-electron chi connectivity index (χ3n) is 4.24. The summed E-state index contributed by atoms with van der Waals surface area (Å²) < 4.78 is 31.8. The van der Waals surface area contributed by atoms with E-state index in [2.05, 4.69) is 5.32 Å². The van der Waals surface area contributed by atoms with E-state index in [1.54, 1.807) is 0 Å². The van der Waals surface area contributed by atoms with Gasteiger partial charge in [-0.3, -0.25) is 0 Å². The fourth-order valence-corrected chi connectivity index (χ4v) is 4.27. The van der Waals surface area contributed by atoms with Gasteiger partial charge in [-0.1, -0.05) is 0 Å². The molecule has 0 saturated carbocycles. The molecule has 2 fully saturated rings. The molecule has 0 radical (unpaired) electrons. The highest BCUT2D eigenvalue weighted by molar-refractivity contribution is 7.89. The molecule has 0 atom stereocenters. The maximum Gasteiger partial charge on any atom is 0.407 e. The summed E-state index contributed by atoms with van der Waals surface area (Å²) >= 11 is 0. The minimum Gasteiger partial charge on any atom is -0.478 e. The molecule has 2 aliphatic rings. The van der Waals surface area contributed by atoms with Crippen LogP contribution in [0.5, 0.6) is 0 Å². The number of amides is 1. The van der Waals surface area contributed by atoms with E-state index in [1.165, 1.54) is 28.6 Å². The molecule has 23 heavy (non-hydrogen) atoms. The third-order valence-corrected chi connectivity index (χ3v) is 6.15. The molecule has 8 nitrogen and oxygen atoms in total. The van der Waals surface area contributed by atoms with Crippen LogP contribution in [0.2, 0.25) is 0 Å². The van der Waals surface area contributed by atoms with Gasteiger partial charge in [-0.2, -0.15) is 4.31 Å². The first kappa shape index (κ1) is 15.8. The largest absolute Gasteiger partial charge is 0.478 e. The number of carboxylic acid groups (broad SMARTS) is 1. The Labute approximate surface area is 133 Å². The van der Waals surface area contributed by atoms with Crippen LogP contribution < -0.4 is 5.32 Å². The van der Waals surface area contributed by atoms with Gasteiger partial charge in [0.15, 0.2) is 0 Å². The van der Waals surface area contributed by atoms with Crippen molar-refractivity contribution >= 4 is 22.1 Å². The Morgan fingerprint density at radius 3 is 2.30 bits per heavy atom. The number of carbonyl (C=O) groups is 2. The van der Waals surface area contributed by atoms with Crippen molar-refractivity contribution in [3.63, 3.8) is 0 Å². The van der Waals surface area contributed by atoms with E-state index in [9.17, 15) is 18.0 Å². The average Bonchev–Trinajstić information content (AvgIpc) is 2.88. The van der Waals surface area contributed by atoms with E-state index in [0.717, 1.165) is 0 Å². The van der Waals surface area contributed by atoms with E-state index < -0.39 is 27.7 Å². The first-order chi connectivity index (χ1) is 10.8. The number of piperidine rings is 1. The quantitative estimate of drug-likeness (QED) is 0.835. The molecule has 0 aromatic heterocycles. The summed E-state index contributed by atoms with van der Waals surface area (Å²) in [6, 6.07) is 5.12. The van der Waals surface area contributed by atoms with Crippen LogP contribution in [0.15, 0.2) is 29.2 Å². The molecule has 3 rings (SSSR count). The zero-order valence-corrected chi connectivity index (χ0v) is 13.0. The van der Waals surface area contributed by atoms with Gasteiger partial charge in [-0.15, -0.1) is 0 Å². The second kappa shape index (κ2) is 5.50. The smallest absolute Gasteiger partial charge is 0.407 e. The maximum absolute atomic E-state index is 12.6. The van der Waals surface area contributed by atoms with Crippen molar-refractivity contribution in [3.05, 3.63) is 29.8 Å². The van der Waals surface area contributed by atoms with E-state index in [-0.39, 0.29) is 23.5 Å². The van der Waals surface area contributed by atoms with Crippen molar-refractivity contribution in [2.75, 3.05) is 19.6 Å². The zero-order valence-electron chi connectivity index (χ0n) is 12.2. The molecule has 2 aliphatic heterocycles. The van der Waals surface area contributed by atoms with Crippen LogP contribution in [0.4, 0.5) is 4.79 Å². The van der Waals surface area contributed by atoms with Crippen LogP contribution in [-0.2, 0) is 14.8 Å². The topological polar surface area (TPSA) is 113 Å². The van der Waals surface area contributed by atoms with Crippen LogP contribution in [0.3, 0.4) is 0 Å². The number of ether oxygens (including phenoxy) is 1. The van der Waals surface area contributed by atoms with E-state index in [0.29, 0.717) is 19.4 Å². The van der Waals surface area contributed by atoms with Crippen molar-refractivity contribution in [1.82, 2.24) is 9.62 Å². The van der Waals surface area contributed by atoms with Crippen molar-refractivity contribution in [3.8, 4) is 0 Å². The van der Waals surface area contributed by atoms with Crippen molar-refractivity contribution < 1.29 is 27.9 Å². The number of carbonyl (C=O) groups excluding carboxylic acids is 1.